The molecule has 9 fully saturated rings. The number of ether oxygens (including phenoxy) is 6. The van der Waals surface area contributed by atoms with Gasteiger partial charge in [0.2, 0.25) is 17.8 Å². The Bertz CT molecular complexity index is 6260. The van der Waals surface area contributed by atoms with Crippen LogP contribution in [0.3, 0.4) is 0 Å². The van der Waals surface area contributed by atoms with Crippen molar-refractivity contribution >= 4 is 195 Å². The third-order valence-electron chi connectivity index (χ3n) is 21.6. The Kier molecular flexibility index (Phi) is 26.7. The van der Waals surface area contributed by atoms with Gasteiger partial charge >= 0.3 is 42.6 Å². The summed E-state index contributed by atoms with van der Waals surface area (Å²) in [7, 11) is -10.4. The van der Waals surface area contributed by atoms with Gasteiger partial charge in [0.25, 0.3) is 16.7 Å². The number of halogens is 6. The van der Waals surface area contributed by atoms with E-state index in [4.69, 9.17) is 135 Å². The second-order valence-corrected chi connectivity index (χ2v) is 44.3. The number of nitrogens with zero attached hydrogens (tertiary/aromatic N) is 22. The summed E-state index contributed by atoms with van der Waals surface area (Å²) in [5.74, 6) is -2.47. The van der Waals surface area contributed by atoms with Gasteiger partial charge in [-0.3, -0.25) is 93.6 Å². The van der Waals surface area contributed by atoms with Crippen LogP contribution in [0.25, 0.3) is 33.5 Å². The Hall–Kier alpha value is -8.53. The Morgan fingerprint density at radius 1 is 0.382 bits per heavy atom. The number of hydrogen-bond acceptors (Lipinski definition) is 49. The molecule has 9 aromatic rings. The van der Waals surface area contributed by atoms with Crippen LogP contribution in [0.4, 0.5) is 61.6 Å². The number of nitrogens with one attached hydrogen (secondary N) is 3. The number of aliphatic imine (C=N–C) groups is 3. The molecular formula is C60H66F6N28O32P6S4. The zero-order valence-corrected chi connectivity index (χ0v) is 75.3. The van der Waals surface area contributed by atoms with E-state index in [0.717, 1.165) is 40.5 Å². The fourth-order valence-corrected chi connectivity index (χ4v) is 23.1. The summed E-state index contributed by atoms with van der Waals surface area (Å²) in [6.45, 7) is -22.8. The predicted molar refractivity (Wildman–Crippen MR) is 447 cm³/mol. The minimum atomic E-state index is -5.19. The van der Waals surface area contributed by atoms with Crippen LogP contribution in [0, 0.1) is 0 Å². The highest BCUT2D eigenvalue weighted by atomic mass is 32.7. The van der Waals surface area contributed by atoms with E-state index >= 15 is 26.3 Å². The third-order valence-corrected chi connectivity index (χ3v) is 29.8. The molecule has 60 nitrogen and oxygen atoms in total. The first-order chi connectivity index (χ1) is 63.9. The summed E-state index contributed by atoms with van der Waals surface area (Å²) < 4.78 is 238. The number of nitrogen functional groups attached to an aromatic ring is 3. The number of hydrogen-bond donors (Lipinski definition) is 12. The number of carbonyl (C=O) groups is 3. The number of ketones is 3. The second-order valence-electron chi connectivity index (χ2n) is 30.2. The van der Waals surface area contributed by atoms with Crippen molar-refractivity contribution < 1.29 is 162 Å². The molecule has 0 spiro atoms. The number of aromatic amines is 3. The fraction of sp³-hybridized carbons (Fsp3) is 0.567. The highest BCUT2D eigenvalue weighted by Gasteiger charge is 2.61. The first-order valence-corrected chi connectivity index (χ1v) is 52.2. The first-order valence-electron chi connectivity index (χ1n) is 38.7. The number of phosphoric acid groups is 2. The van der Waals surface area contributed by atoms with Crippen molar-refractivity contribution in [1.82, 2.24) is 109 Å². The lowest BCUT2D eigenvalue weighted by molar-refractivity contribution is -0.0655. The lowest BCUT2D eigenvalue weighted by Crippen LogP contribution is -2.34. The quantitative estimate of drug-likeness (QED) is 0.0617. The Labute approximate surface area is 768 Å². The van der Waals surface area contributed by atoms with Gasteiger partial charge in [0.1, 0.15) is 73.2 Å². The van der Waals surface area contributed by atoms with Crippen molar-refractivity contribution in [2.24, 2.45) is 15.0 Å². The van der Waals surface area contributed by atoms with Gasteiger partial charge in [-0.2, -0.15) is 33.7 Å². The minimum Gasteiger partial charge on any atom is -0.369 e. The van der Waals surface area contributed by atoms with Crippen LogP contribution in [-0.4, -0.2) is 319 Å². The van der Waals surface area contributed by atoms with E-state index in [0.29, 0.717) is 0 Å². The normalized spacial score (nSPS) is 38.5. The number of nitrogens with two attached hydrogens (primary N) is 3. The number of rotatable bonds is 6. The van der Waals surface area contributed by atoms with E-state index in [-0.39, 0.29) is 113 Å². The monoisotopic (exact) mass is 2120 g/mol. The molecule has 21 heterocycles. The maximum absolute atomic E-state index is 15.9. The third kappa shape index (κ3) is 18.8. The number of imidazole rings is 2. The van der Waals surface area contributed by atoms with Crippen molar-refractivity contribution in [3.8, 4) is 0 Å². The van der Waals surface area contributed by atoms with Crippen molar-refractivity contribution in [1.29, 1.82) is 0 Å². The number of aromatic nitrogens is 22. The number of Topliss-reactive ketones (excluding diaryl/α,β-unsaturated/α-hetero) is 3. The van der Waals surface area contributed by atoms with E-state index in [2.05, 4.69) is 108 Å². The molecule has 6 bridgehead atoms. The number of fused-ring (bicyclic) bond motifs is 15. The summed E-state index contributed by atoms with van der Waals surface area (Å²) in [6.07, 6.45) is -37.3. The first kappa shape index (κ1) is 97.7. The van der Waals surface area contributed by atoms with Crippen molar-refractivity contribution in [3.05, 3.63) is 60.8 Å². The molecule has 12 aliphatic rings. The minimum absolute atomic E-state index is 0. The van der Waals surface area contributed by atoms with Crippen LogP contribution in [0.5, 0.6) is 0 Å². The van der Waals surface area contributed by atoms with Crippen LogP contribution in [0.15, 0.2) is 42.0 Å². The molecule has 6 unspecified atom stereocenters. The smallest absolute Gasteiger partial charge is 0.369 e. The molecule has 30 atom stereocenters. The molecule has 734 valence electrons. The molecule has 9 saturated heterocycles. The SMILES string of the molecule is C.Nc1nc2c(ncn2[C@@H]2O[C@@H]3COP(=O)(O)O[C@H]4[C@H](F)[C@H](n5nnc6c5N=CCC6=O)O[C@@H]4COP(=O)(S)O[C@@H]2[C@@H]3F)c(=O)[nH]1.Nc1nc2c(ncn2[C@@H]2O[C@@H]3COP(=O)(O)O[C@H]4[C@H](F)[C@H](n5nnc6c5N=CCC6=O)O[C@@H]4COP(O)(=S)O[C@@H]2[C@@H]3F)c(=O)[nH]1.Nc1nc2c(nnn2[C@@H]2O[C@@H]3COP(O)(=S)O[C@H]4[C@H](F)[C@H](n5nnc6c5N=CCC6=O)O[C@@H]4COP(O)(=S)O[C@@H]2[C@@H]3F)c(=O)[nH]1. The number of anilines is 3. The molecule has 0 aromatic carbocycles. The van der Waals surface area contributed by atoms with E-state index in [1.165, 1.54) is 18.6 Å². The molecule has 9 aromatic heterocycles. The molecule has 21 rings (SSSR count). The number of thiol groups is 1. The average Bonchev–Trinajstić information content (AvgIpc) is 1.62. The lowest BCUT2D eigenvalue weighted by atomic mass is 10.1. The summed E-state index contributed by atoms with van der Waals surface area (Å²) in [5.41, 5.74) is 13.2. The van der Waals surface area contributed by atoms with Gasteiger partial charge in [0, 0.05) is 37.9 Å². The van der Waals surface area contributed by atoms with Gasteiger partial charge in [-0.25, -0.2) is 65.0 Å². The van der Waals surface area contributed by atoms with Crippen LogP contribution in [-0.2, 0) is 132 Å². The molecule has 12 aliphatic heterocycles. The standard InChI is InChI=1S/2C20H21F2N9O11P2S.C19H20F2N10O10P2S2.CH4/c2*21-9-7-3-37-43(34,35)41-13-8(40-18(10(13)22)31-15-11(28-29-31)6(32)1-2-24-15)4-38-44(36,45)42-14(9)19(39-7)30-5-25-12-16(30)26-20(23)27-17(12)33;20-8-6-3-36-42(34,44)40-12-7(39-17(9(12)21)30-14-10(26-28-30)5(32)1-2-23-14)4-37-43(35,45)41-13(8)18(38-6)31-15-11(27-29-31)16(33)25-19(22)24-15;/h2*2,5,7-10,13-14,18-19H,1,3-4H2,(H,34,35)(H,36,45)(H3,23,26,27,33);2,6-9,12-13,17-18H,1,3-4H2,(H,34,44)(H,35,45)(H3,22,24,25,33);1H4/t2*7-,8-,9-,10+,13-,14-,18-,19-,44?;6-,7-,8-,9+,12-,13-,17-,18-,42?,43?;/m111./s1. The Morgan fingerprint density at radius 2 is 0.691 bits per heavy atom. The van der Waals surface area contributed by atoms with E-state index in [1.807, 2.05) is 0 Å². The number of phosphoric ester groups is 2. The lowest BCUT2D eigenvalue weighted by Gasteiger charge is -2.27. The summed E-state index contributed by atoms with van der Waals surface area (Å²) in [4.78, 5) is 166. The van der Waals surface area contributed by atoms with Crippen molar-refractivity contribution in [3.63, 3.8) is 0 Å². The second kappa shape index (κ2) is 37.2. The summed E-state index contributed by atoms with van der Waals surface area (Å²) in [6, 6.07) is 0. The molecular weight excluding hydrogens is 2050 g/mol. The molecule has 0 amide bonds. The van der Waals surface area contributed by atoms with Crippen LogP contribution >= 0.6 is 54.8 Å². The Balaban J connectivity index is 0.000000135. The maximum Gasteiger partial charge on any atom is 0.472 e. The molecule has 0 saturated carbocycles. The van der Waals surface area contributed by atoms with Crippen molar-refractivity contribution in [2.75, 3.05) is 56.8 Å². The van der Waals surface area contributed by atoms with Gasteiger partial charge in [-0.15, -0.1) is 20.4 Å². The summed E-state index contributed by atoms with van der Waals surface area (Å²) in [5, 5.41) is 30.0. The highest BCUT2D eigenvalue weighted by Crippen LogP contribution is 2.62. The van der Waals surface area contributed by atoms with Gasteiger partial charge in [-0.05, 0) is 35.4 Å². The number of alkyl halides is 6. The van der Waals surface area contributed by atoms with E-state index < -0.39 is 264 Å². The zero-order chi connectivity index (χ0) is 95.5. The van der Waals surface area contributed by atoms with Crippen LogP contribution in [0.1, 0.15) is 95.5 Å². The largest absolute Gasteiger partial charge is 0.472 e. The van der Waals surface area contributed by atoms with Gasteiger partial charge < -0.3 is 83.7 Å². The number of carbonyl (C=O) groups excluding carboxylic acids is 3. The van der Waals surface area contributed by atoms with E-state index in [1.54, 1.807) is 0 Å². The van der Waals surface area contributed by atoms with Gasteiger partial charge in [0.05, 0.1) is 52.3 Å². The van der Waals surface area contributed by atoms with Gasteiger partial charge in [0.15, 0.2) is 160 Å². The van der Waals surface area contributed by atoms with Crippen LogP contribution < -0.4 is 33.9 Å². The summed E-state index contributed by atoms with van der Waals surface area (Å²) >= 11 is 19.2. The number of H-pyrrole nitrogens is 3. The molecule has 0 radical (unpaired) electrons. The van der Waals surface area contributed by atoms with Gasteiger partial charge in [-0.1, -0.05) is 40.5 Å². The van der Waals surface area contributed by atoms with E-state index in [9.17, 15) is 66.9 Å². The van der Waals surface area contributed by atoms with Crippen molar-refractivity contribution in [2.45, 2.75) is 174 Å². The zero-order valence-electron chi connectivity index (χ0n) is 66.6. The Morgan fingerprint density at radius 3 is 1.09 bits per heavy atom. The fourth-order valence-electron chi connectivity index (χ4n) is 15.5. The predicted octanol–water partition coefficient (Wildman–Crippen LogP) is 0.631. The highest BCUT2D eigenvalue weighted by molar-refractivity contribution is 8.44. The maximum atomic E-state index is 15.9. The molecule has 136 heavy (non-hydrogen) atoms. The molecule has 76 heteroatoms. The topological polar surface area (TPSA) is 781 Å². The van der Waals surface area contributed by atoms with Crippen LogP contribution in [0.2, 0.25) is 0 Å². The molecule has 0 aliphatic carbocycles. The average molecular weight is 2120 g/mol. The molecule has 14 N–H and O–H groups in total.